The van der Waals surface area contributed by atoms with E-state index in [-0.39, 0.29) is 6.04 Å². The molecule has 0 amide bonds. The summed E-state index contributed by atoms with van der Waals surface area (Å²) in [5, 5.41) is 12.8. The van der Waals surface area contributed by atoms with Gasteiger partial charge in [-0.15, -0.1) is 11.6 Å². The van der Waals surface area contributed by atoms with E-state index in [1.54, 1.807) is 6.20 Å². The Morgan fingerprint density at radius 3 is 1.92 bits per heavy atom. The zero-order valence-corrected chi connectivity index (χ0v) is 20.8. The number of halogens is 1. The predicted molar refractivity (Wildman–Crippen MR) is 135 cm³/mol. The molecule has 3 heterocycles. The van der Waals surface area contributed by atoms with Crippen LogP contribution in [0.25, 0.3) is 22.9 Å². The summed E-state index contributed by atoms with van der Waals surface area (Å²) in [6.45, 7) is 5.46. The minimum Gasteiger partial charge on any atom is -0.334 e. The first-order valence-corrected chi connectivity index (χ1v) is 12.2. The summed E-state index contributed by atoms with van der Waals surface area (Å²) in [7, 11) is 0. The Labute approximate surface area is 213 Å². The van der Waals surface area contributed by atoms with E-state index in [0.717, 1.165) is 22.3 Å². The van der Waals surface area contributed by atoms with Gasteiger partial charge in [0.2, 0.25) is 0 Å². The first kappa shape index (κ1) is 23.9. The third-order valence-corrected chi connectivity index (χ3v) is 6.10. The van der Waals surface area contributed by atoms with Crippen LogP contribution in [0.2, 0.25) is 0 Å². The number of aryl methyl sites for hydroxylation is 2. The fourth-order valence-electron chi connectivity index (χ4n) is 4.01. The van der Waals surface area contributed by atoms with Crippen molar-refractivity contribution in [2.24, 2.45) is 0 Å². The highest BCUT2D eigenvalue weighted by Crippen LogP contribution is 2.22. The number of rotatable bonds is 10. The van der Waals surface area contributed by atoms with E-state index in [9.17, 15) is 0 Å². The standard InChI is InChI=1S/C26H26ClN7O2/c1-18-6-3-8-20(12-18)25-29-23(31-35-25)16-33(15-22(14-27)34-11-5-10-28-34)17-24-30-26(36-32-24)21-9-4-7-19(2)13-21/h3-13,22H,14-17H2,1-2H3/t22-/m0/s1. The molecule has 5 rings (SSSR count). The third-order valence-electron chi connectivity index (χ3n) is 5.74. The lowest BCUT2D eigenvalue weighted by Gasteiger charge is -2.24. The molecule has 0 aliphatic carbocycles. The van der Waals surface area contributed by atoms with Crippen molar-refractivity contribution in [1.82, 2.24) is 35.0 Å². The number of hydrogen-bond acceptors (Lipinski definition) is 8. The van der Waals surface area contributed by atoms with Gasteiger partial charge < -0.3 is 9.05 Å². The molecule has 0 spiro atoms. The summed E-state index contributed by atoms with van der Waals surface area (Å²) < 4.78 is 13.0. The van der Waals surface area contributed by atoms with Gasteiger partial charge in [-0.1, -0.05) is 45.7 Å². The molecule has 0 saturated carbocycles. The van der Waals surface area contributed by atoms with Gasteiger partial charge in [-0.3, -0.25) is 9.58 Å². The van der Waals surface area contributed by atoms with Crippen molar-refractivity contribution in [1.29, 1.82) is 0 Å². The molecule has 0 aliphatic heterocycles. The Balaban J connectivity index is 1.37. The topological polar surface area (TPSA) is 98.9 Å². The molecular formula is C26H26ClN7O2. The van der Waals surface area contributed by atoms with Crippen LogP contribution in [0.1, 0.15) is 28.8 Å². The normalized spacial score (nSPS) is 12.3. The van der Waals surface area contributed by atoms with Crippen LogP contribution in [0.3, 0.4) is 0 Å². The lowest BCUT2D eigenvalue weighted by molar-refractivity contribution is 0.202. The van der Waals surface area contributed by atoms with Crippen molar-refractivity contribution in [3.63, 3.8) is 0 Å². The summed E-state index contributed by atoms with van der Waals surface area (Å²) in [4.78, 5) is 11.4. The van der Waals surface area contributed by atoms with Crippen LogP contribution >= 0.6 is 11.6 Å². The summed E-state index contributed by atoms with van der Waals surface area (Å²) >= 11 is 6.32. The van der Waals surface area contributed by atoms with Crippen LogP contribution < -0.4 is 0 Å². The molecule has 0 fully saturated rings. The van der Waals surface area contributed by atoms with Crippen LogP contribution in [-0.4, -0.2) is 47.4 Å². The van der Waals surface area contributed by atoms with Crippen molar-refractivity contribution in [2.75, 3.05) is 12.4 Å². The quantitative estimate of drug-likeness (QED) is 0.243. The van der Waals surface area contributed by atoms with Crippen molar-refractivity contribution in [2.45, 2.75) is 33.0 Å². The molecule has 184 valence electrons. The third kappa shape index (κ3) is 5.69. The second kappa shape index (κ2) is 10.8. The lowest BCUT2D eigenvalue weighted by atomic mass is 10.1. The molecule has 0 unspecified atom stereocenters. The SMILES string of the molecule is Cc1cccc(-c2nc(CN(Cc3noc(-c4cccc(C)c4)n3)C[C@H](CCl)n3cccn3)no2)c1. The molecule has 10 heteroatoms. The number of hydrogen-bond donors (Lipinski definition) is 0. The second-order valence-corrected chi connectivity index (χ2v) is 9.04. The molecule has 0 aliphatic rings. The monoisotopic (exact) mass is 503 g/mol. The molecule has 9 nitrogen and oxygen atoms in total. The van der Waals surface area contributed by atoms with E-state index in [1.165, 1.54) is 0 Å². The van der Waals surface area contributed by atoms with Gasteiger partial charge in [0.1, 0.15) is 0 Å². The zero-order valence-electron chi connectivity index (χ0n) is 20.1. The van der Waals surface area contributed by atoms with Gasteiger partial charge in [0.15, 0.2) is 11.6 Å². The first-order valence-electron chi connectivity index (χ1n) is 11.6. The van der Waals surface area contributed by atoms with Gasteiger partial charge >= 0.3 is 0 Å². The fourth-order valence-corrected chi connectivity index (χ4v) is 4.25. The van der Waals surface area contributed by atoms with Gasteiger partial charge in [0, 0.05) is 35.9 Å². The highest BCUT2D eigenvalue weighted by atomic mass is 35.5. The molecule has 3 aromatic heterocycles. The maximum absolute atomic E-state index is 6.32. The van der Waals surface area contributed by atoms with E-state index < -0.39 is 0 Å². The summed E-state index contributed by atoms with van der Waals surface area (Å²) in [6, 6.07) is 17.8. The summed E-state index contributed by atoms with van der Waals surface area (Å²) in [5.41, 5.74) is 4.02. The molecule has 0 radical (unpaired) electrons. The maximum atomic E-state index is 6.32. The Kier molecular flexibility index (Phi) is 7.20. The maximum Gasteiger partial charge on any atom is 0.257 e. The second-order valence-electron chi connectivity index (χ2n) is 8.73. The summed E-state index contributed by atoms with van der Waals surface area (Å²) in [6.07, 6.45) is 3.64. The van der Waals surface area contributed by atoms with E-state index >= 15 is 0 Å². The van der Waals surface area contributed by atoms with E-state index in [0.29, 0.717) is 48.9 Å². The number of aromatic nitrogens is 6. The average Bonchev–Trinajstić information content (AvgIpc) is 3.65. The minimum atomic E-state index is -0.0621. The predicted octanol–water partition coefficient (Wildman–Crippen LogP) is 5.08. The number of benzene rings is 2. The zero-order chi connectivity index (χ0) is 24.9. The van der Waals surface area contributed by atoms with Crippen molar-refractivity contribution in [3.05, 3.63) is 89.8 Å². The smallest absolute Gasteiger partial charge is 0.257 e. The van der Waals surface area contributed by atoms with Crippen LogP contribution in [0.4, 0.5) is 0 Å². The number of alkyl halides is 1. The highest BCUT2D eigenvalue weighted by Gasteiger charge is 2.21. The highest BCUT2D eigenvalue weighted by molar-refractivity contribution is 6.18. The van der Waals surface area contributed by atoms with E-state index in [2.05, 4.69) is 30.3 Å². The molecule has 0 bridgehead atoms. The molecule has 36 heavy (non-hydrogen) atoms. The first-order chi connectivity index (χ1) is 17.6. The van der Waals surface area contributed by atoms with Gasteiger partial charge in [-0.2, -0.15) is 15.1 Å². The van der Waals surface area contributed by atoms with Gasteiger partial charge in [-0.25, -0.2) is 0 Å². The number of nitrogens with zero attached hydrogens (tertiary/aromatic N) is 7. The van der Waals surface area contributed by atoms with Gasteiger partial charge in [0.05, 0.1) is 19.1 Å². The van der Waals surface area contributed by atoms with Crippen LogP contribution in [0, 0.1) is 13.8 Å². The molecule has 0 N–H and O–H groups in total. The van der Waals surface area contributed by atoms with E-state index in [1.807, 2.05) is 79.3 Å². The largest absolute Gasteiger partial charge is 0.334 e. The van der Waals surface area contributed by atoms with E-state index in [4.69, 9.17) is 20.6 Å². The fraction of sp³-hybridized carbons (Fsp3) is 0.269. The van der Waals surface area contributed by atoms with Crippen molar-refractivity contribution < 1.29 is 9.05 Å². The Morgan fingerprint density at radius 2 is 1.44 bits per heavy atom. The Morgan fingerprint density at radius 1 is 0.861 bits per heavy atom. The van der Waals surface area contributed by atoms with Gasteiger partial charge in [0.25, 0.3) is 11.8 Å². The summed E-state index contributed by atoms with van der Waals surface area (Å²) in [5.74, 6) is 2.47. The lowest BCUT2D eigenvalue weighted by Crippen LogP contribution is -2.32. The van der Waals surface area contributed by atoms with Crippen molar-refractivity contribution >= 4 is 11.6 Å². The molecule has 0 saturated heterocycles. The van der Waals surface area contributed by atoms with Crippen molar-refractivity contribution in [3.8, 4) is 22.9 Å². The Bertz CT molecular complexity index is 1330. The average molecular weight is 504 g/mol. The molecule has 2 aromatic carbocycles. The van der Waals surface area contributed by atoms with Gasteiger partial charge in [-0.05, 0) is 44.2 Å². The Hall–Kier alpha value is -3.82. The molecule has 1 atom stereocenters. The minimum absolute atomic E-state index is 0.0621. The molecular weight excluding hydrogens is 478 g/mol. The molecule has 5 aromatic rings. The van der Waals surface area contributed by atoms with Crippen LogP contribution in [0.5, 0.6) is 0 Å². The van der Waals surface area contributed by atoms with Crippen LogP contribution in [0.15, 0.2) is 76.0 Å². The van der Waals surface area contributed by atoms with Crippen LogP contribution in [-0.2, 0) is 13.1 Å².